The van der Waals surface area contributed by atoms with E-state index in [1.807, 2.05) is 22.6 Å². The zero-order valence-electron chi connectivity index (χ0n) is 10.7. The minimum absolute atomic E-state index is 0.0341. The highest BCUT2D eigenvalue weighted by molar-refractivity contribution is 14.1. The molecule has 1 heterocycles. The Kier molecular flexibility index (Phi) is 6.24. The average Bonchev–Trinajstić information content (AvgIpc) is 2.35. The second-order valence-corrected chi connectivity index (χ2v) is 5.19. The Hall–Kier alpha value is -0.840. The summed E-state index contributed by atoms with van der Waals surface area (Å²) >= 11 is 1.82. The van der Waals surface area contributed by atoms with Gasteiger partial charge in [0.1, 0.15) is 6.61 Å². The van der Waals surface area contributed by atoms with Gasteiger partial charge in [-0.1, -0.05) is 0 Å². The molecule has 0 unspecified atom stereocenters. The molecule has 1 aromatic rings. The van der Waals surface area contributed by atoms with Crippen LogP contribution < -0.4 is 11.2 Å². The van der Waals surface area contributed by atoms with Crippen LogP contribution in [0.2, 0.25) is 0 Å². The highest BCUT2D eigenvalue weighted by Crippen LogP contribution is 2.14. The van der Waals surface area contributed by atoms with Crippen molar-refractivity contribution < 1.29 is 17.9 Å². The molecular formula is C11H14F3IN2O3. The number of aromatic nitrogens is 2. The number of alkyl halides is 3. The molecule has 0 saturated heterocycles. The molecule has 0 radical (unpaired) electrons. The van der Waals surface area contributed by atoms with E-state index in [1.165, 1.54) is 10.8 Å². The molecule has 0 aliphatic rings. The third kappa shape index (κ3) is 4.93. The van der Waals surface area contributed by atoms with Crippen LogP contribution in [-0.4, -0.2) is 28.5 Å². The number of ether oxygens (including phenoxy) is 1. The van der Waals surface area contributed by atoms with Crippen LogP contribution in [0.3, 0.4) is 0 Å². The summed E-state index contributed by atoms with van der Waals surface area (Å²) in [6, 6.07) is 0. The van der Waals surface area contributed by atoms with Crippen LogP contribution in [0.15, 0.2) is 15.8 Å². The van der Waals surface area contributed by atoms with Crippen molar-refractivity contribution in [2.24, 2.45) is 0 Å². The standard InChI is InChI=1S/C11H14F3IN2O3/c1-2-16-6-8(15)9(18)17(10(16)19)4-3-5-20-7-11(12,13)14/h6H,2-5,7H2,1H3. The molecule has 9 heteroatoms. The second-order valence-electron chi connectivity index (χ2n) is 4.02. The summed E-state index contributed by atoms with van der Waals surface area (Å²) in [5, 5.41) is 0. The Labute approximate surface area is 126 Å². The molecule has 0 aromatic carbocycles. The maximum atomic E-state index is 11.9. The van der Waals surface area contributed by atoms with E-state index in [0.29, 0.717) is 10.1 Å². The fraction of sp³-hybridized carbons (Fsp3) is 0.636. The van der Waals surface area contributed by atoms with Crippen LogP contribution in [0.4, 0.5) is 13.2 Å². The van der Waals surface area contributed by atoms with Crippen LogP contribution in [0, 0.1) is 3.57 Å². The number of rotatable bonds is 6. The zero-order valence-corrected chi connectivity index (χ0v) is 12.9. The first kappa shape index (κ1) is 17.2. The highest BCUT2D eigenvalue weighted by atomic mass is 127. The van der Waals surface area contributed by atoms with Crippen LogP contribution in [0.1, 0.15) is 13.3 Å². The van der Waals surface area contributed by atoms with Crippen molar-refractivity contribution in [3.05, 3.63) is 30.6 Å². The van der Waals surface area contributed by atoms with E-state index < -0.39 is 24.0 Å². The molecule has 0 spiro atoms. The molecule has 0 bridgehead atoms. The zero-order chi connectivity index (χ0) is 15.3. The van der Waals surface area contributed by atoms with E-state index in [2.05, 4.69) is 4.74 Å². The van der Waals surface area contributed by atoms with Gasteiger partial charge >= 0.3 is 11.9 Å². The Balaban J connectivity index is 2.67. The molecule has 0 saturated carbocycles. The van der Waals surface area contributed by atoms with E-state index in [0.717, 1.165) is 4.57 Å². The smallest absolute Gasteiger partial charge is 0.372 e. The van der Waals surface area contributed by atoms with Gasteiger partial charge in [0.15, 0.2) is 0 Å². The lowest BCUT2D eigenvalue weighted by Crippen LogP contribution is -2.40. The first-order chi connectivity index (χ1) is 9.26. The average molecular weight is 406 g/mol. The van der Waals surface area contributed by atoms with Gasteiger partial charge in [0, 0.05) is 25.9 Å². The second kappa shape index (κ2) is 7.25. The largest absolute Gasteiger partial charge is 0.411 e. The lowest BCUT2D eigenvalue weighted by atomic mass is 10.4. The Bertz CT molecular complexity index is 566. The van der Waals surface area contributed by atoms with E-state index in [1.54, 1.807) is 6.92 Å². The highest BCUT2D eigenvalue weighted by Gasteiger charge is 2.27. The maximum Gasteiger partial charge on any atom is 0.411 e. The summed E-state index contributed by atoms with van der Waals surface area (Å²) in [6.07, 6.45) is -2.75. The predicted octanol–water partition coefficient (Wildman–Crippen LogP) is 1.60. The van der Waals surface area contributed by atoms with Gasteiger partial charge in [-0.05, 0) is 35.9 Å². The summed E-state index contributed by atoms with van der Waals surface area (Å²) < 4.78 is 42.8. The van der Waals surface area contributed by atoms with Crippen molar-refractivity contribution in [1.29, 1.82) is 0 Å². The maximum absolute atomic E-state index is 11.9. The fourth-order valence-corrected chi connectivity index (χ4v) is 2.18. The van der Waals surface area contributed by atoms with E-state index in [4.69, 9.17) is 0 Å². The van der Waals surface area contributed by atoms with Gasteiger partial charge < -0.3 is 4.74 Å². The van der Waals surface area contributed by atoms with Gasteiger partial charge in [0.05, 0.1) is 3.57 Å². The minimum atomic E-state index is -4.37. The predicted molar refractivity (Wildman–Crippen MR) is 74.8 cm³/mol. The first-order valence-corrected chi connectivity index (χ1v) is 6.98. The van der Waals surface area contributed by atoms with Crippen molar-refractivity contribution in [3.8, 4) is 0 Å². The lowest BCUT2D eigenvalue weighted by Gasteiger charge is -2.10. The normalized spacial score (nSPS) is 11.8. The summed E-state index contributed by atoms with van der Waals surface area (Å²) in [4.78, 5) is 23.7. The van der Waals surface area contributed by atoms with E-state index in [9.17, 15) is 22.8 Å². The molecule has 0 atom stereocenters. The molecule has 114 valence electrons. The van der Waals surface area contributed by atoms with Gasteiger partial charge in [0.25, 0.3) is 5.56 Å². The summed E-state index contributed by atoms with van der Waals surface area (Å²) in [5.74, 6) is 0. The molecule has 1 rings (SSSR count). The monoisotopic (exact) mass is 406 g/mol. The Morgan fingerprint density at radius 2 is 2.00 bits per heavy atom. The van der Waals surface area contributed by atoms with Gasteiger partial charge in [-0.25, -0.2) is 4.79 Å². The Morgan fingerprint density at radius 1 is 1.35 bits per heavy atom. The third-order valence-corrected chi connectivity index (χ3v) is 3.21. The number of aryl methyl sites for hydroxylation is 1. The van der Waals surface area contributed by atoms with Gasteiger partial charge in [-0.15, -0.1) is 0 Å². The van der Waals surface area contributed by atoms with Gasteiger partial charge in [0.2, 0.25) is 0 Å². The molecule has 0 amide bonds. The molecule has 0 aliphatic heterocycles. The third-order valence-electron chi connectivity index (χ3n) is 2.47. The molecule has 20 heavy (non-hydrogen) atoms. The summed E-state index contributed by atoms with van der Waals surface area (Å²) in [5.41, 5.74) is -0.898. The van der Waals surface area contributed by atoms with Crippen molar-refractivity contribution in [3.63, 3.8) is 0 Å². The van der Waals surface area contributed by atoms with Crippen molar-refractivity contribution in [2.45, 2.75) is 32.6 Å². The van der Waals surface area contributed by atoms with Crippen molar-refractivity contribution >= 4 is 22.6 Å². The van der Waals surface area contributed by atoms with Gasteiger partial charge in [-0.3, -0.25) is 13.9 Å². The van der Waals surface area contributed by atoms with Gasteiger partial charge in [-0.2, -0.15) is 13.2 Å². The van der Waals surface area contributed by atoms with Crippen LogP contribution in [0.25, 0.3) is 0 Å². The molecular weight excluding hydrogens is 392 g/mol. The number of nitrogens with zero attached hydrogens (tertiary/aromatic N) is 2. The van der Waals surface area contributed by atoms with Crippen molar-refractivity contribution in [2.75, 3.05) is 13.2 Å². The van der Waals surface area contributed by atoms with Crippen molar-refractivity contribution in [1.82, 2.24) is 9.13 Å². The first-order valence-electron chi connectivity index (χ1n) is 5.90. The molecule has 5 nitrogen and oxygen atoms in total. The van der Waals surface area contributed by atoms with Crippen LogP contribution in [0.5, 0.6) is 0 Å². The SMILES string of the molecule is CCn1cc(I)c(=O)n(CCCOCC(F)(F)F)c1=O. The Morgan fingerprint density at radius 3 is 2.55 bits per heavy atom. The lowest BCUT2D eigenvalue weighted by molar-refractivity contribution is -0.174. The topological polar surface area (TPSA) is 53.2 Å². The number of hydrogen-bond acceptors (Lipinski definition) is 3. The molecule has 1 aromatic heterocycles. The fourth-order valence-electron chi connectivity index (χ4n) is 1.55. The van der Waals surface area contributed by atoms with E-state index >= 15 is 0 Å². The minimum Gasteiger partial charge on any atom is -0.372 e. The number of hydrogen-bond donors (Lipinski definition) is 0. The molecule has 0 N–H and O–H groups in total. The summed E-state index contributed by atoms with van der Waals surface area (Å²) in [7, 11) is 0. The molecule has 0 aliphatic carbocycles. The van der Waals surface area contributed by atoms with Crippen LogP contribution >= 0.6 is 22.6 Å². The van der Waals surface area contributed by atoms with E-state index in [-0.39, 0.29) is 19.6 Å². The summed E-state index contributed by atoms with van der Waals surface area (Å²) in [6.45, 7) is 0.723. The molecule has 0 fully saturated rings. The quantitative estimate of drug-likeness (QED) is 0.533. The van der Waals surface area contributed by atoms with Crippen LogP contribution in [-0.2, 0) is 17.8 Å². The number of halogens is 4.